The first-order chi connectivity index (χ1) is 15.1. The van der Waals surface area contributed by atoms with E-state index in [2.05, 4.69) is 10.2 Å². The number of methoxy groups -OCH3 is 1. The highest BCUT2D eigenvalue weighted by Crippen LogP contribution is 2.27. The highest BCUT2D eigenvalue weighted by Gasteiger charge is 2.22. The summed E-state index contributed by atoms with van der Waals surface area (Å²) in [5, 5.41) is 2.22. The number of benzene rings is 2. The fourth-order valence-electron chi connectivity index (χ4n) is 3.39. The molecule has 2 aromatic carbocycles. The Balaban J connectivity index is 1.79. The van der Waals surface area contributed by atoms with Crippen LogP contribution in [0.2, 0.25) is 0 Å². The Morgan fingerprint density at radius 2 is 1.56 bits per heavy atom. The van der Waals surface area contributed by atoms with E-state index in [4.69, 9.17) is 4.74 Å². The van der Waals surface area contributed by atoms with Crippen LogP contribution < -0.4 is 10.1 Å². The van der Waals surface area contributed by atoms with Crippen molar-refractivity contribution in [3.05, 3.63) is 53.6 Å². The van der Waals surface area contributed by atoms with E-state index in [0.717, 1.165) is 13.1 Å². The van der Waals surface area contributed by atoms with Crippen LogP contribution in [0.4, 0.5) is 5.69 Å². The molecule has 2 amide bonds. The monoisotopic (exact) mass is 459 g/mol. The molecule has 0 aliphatic carbocycles. The first-order valence-electron chi connectivity index (χ1n) is 10.4. The number of sulfone groups is 1. The molecule has 32 heavy (non-hydrogen) atoms. The van der Waals surface area contributed by atoms with Gasteiger partial charge in [-0.15, -0.1) is 0 Å². The van der Waals surface area contributed by atoms with Crippen molar-refractivity contribution in [1.82, 2.24) is 9.80 Å². The number of likely N-dealkylation sites (N-methyl/N-ethyl adjacent to an activating group) is 1. The highest BCUT2D eigenvalue weighted by atomic mass is 32.2. The Labute approximate surface area is 189 Å². The molecule has 1 N–H and O–H groups in total. The van der Waals surface area contributed by atoms with Crippen LogP contribution in [0, 0.1) is 0 Å². The van der Waals surface area contributed by atoms with Crippen LogP contribution in [0.25, 0.3) is 0 Å². The summed E-state index contributed by atoms with van der Waals surface area (Å²) in [4.78, 5) is 29.8. The van der Waals surface area contributed by atoms with Crippen molar-refractivity contribution in [2.24, 2.45) is 0 Å². The third kappa shape index (κ3) is 5.11. The Morgan fingerprint density at radius 1 is 0.969 bits per heavy atom. The minimum Gasteiger partial charge on any atom is -0.495 e. The van der Waals surface area contributed by atoms with E-state index >= 15 is 0 Å². The average molecular weight is 460 g/mol. The number of rotatable bonds is 6. The lowest BCUT2D eigenvalue weighted by Crippen LogP contribution is -2.47. The number of hydrogen-bond donors (Lipinski definition) is 1. The van der Waals surface area contributed by atoms with Gasteiger partial charge in [0.05, 0.1) is 22.9 Å². The normalized spacial score (nSPS) is 15.0. The standard InChI is InChI=1S/C23H29N3O5S/c1-16(2)32(29,30)19-8-5-17(6-9-19)22(27)24-20-15-18(7-10-21(20)31-4)23(28)26-13-11-25(3)12-14-26/h5-10,15-16H,11-14H2,1-4H3,(H,24,27). The topological polar surface area (TPSA) is 96.0 Å². The van der Waals surface area contributed by atoms with Crippen molar-refractivity contribution < 1.29 is 22.7 Å². The van der Waals surface area contributed by atoms with Crippen LogP contribution in [0.15, 0.2) is 47.4 Å². The predicted molar refractivity (Wildman–Crippen MR) is 123 cm³/mol. The first kappa shape index (κ1) is 23.7. The van der Waals surface area contributed by atoms with Gasteiger partial charge in [0.1, 0.15) is 5.75 Å². The molecular formula is C23H29N3O5S. The number of anilines is 1. The van der Waals surface area contributed by atoms with E-state index in [1.807, 2.05) is 7.05 Å². The molecule has 1 aliphatic rings. The van der Waals surface area contributed by atoms with Gasteiger partial charge in [-0.3, -0.25) is 9.59 Å². The SMILES string of the molecule is COc1ccc(C(=O)N2CCN(C)CC2)cc1NC(=O)c1ccc(S(=O)(=O)C(C)C)cc1. The van der Waals surface area contributed by atoms with E-state index in [0.29, 0.717) is 35.7 Å². The molecule has 2 aromatic rings. The van der Waals surface area contributed by atoms with Gasteiger partial charge in [0.15, 0.2) is 9.84 Å². The summed E-state index contributed by atoms with van der Waals surface area (Å²) in [6.07, 6.45) is 0. The third-order valence-electron chi connectivity index (χ3n) is 5.55. The van der Waals surface area contributed by atoms with Crippen LogP contribution in [0.5, 0.6) is 5.75 Å². The average Bonchev–Trinajstić information content (AvgIpc) is 2.79. The predicted octanol–water partition coefficient (Wildman–Crippen LogP) is 2.52. The van der Waals surface area contributed by atoms with Crippen LogP contribution in [0.1, 0.15) is 34.6 Å². The Bertz CT molecular complexity index is 1090. The molecule has 1 saturated heterocycles. The third-order valence-corrected chi connectivity index (χ3v) is 7.72. The first-order valence-corrected chi connectivity index (χ1v) is 12.0. The smallest absolute Gasteiger partial charge is 0.255 e. The summed E-state index contributed by atoms with van der Waals surface area (Å²) < 4.78 is 29.9. The minimum atomic E-state index is -3.42. The number of carbonyl (C=O) groups excluding carboxylic acids is 2. The minimum absolute atomic E-state index is 0.0977. The Kier molecular flexibility index (Phi) is 7.20. The fourth-order valence-corrected chi connectivity index (χ4v) is 4.45. The van der Waals surface area contributed by atoms with Gasteiger partial charge in [-0.05, 0) is 63.4 Å². The zero-order chi connectivity index (χ0) is 23.5. The lowest BCUT2D eigenvalue weighted by Gasteiger charge is -2.32. The molecule has 0 radical (unpaired) electrons. The van der Waals surface area contributed by atoms with Gasteiger partial charge in [-0.2, -0.15) is 0 Å². The maximum absolute atomic E-state index is 12.9. The number of amides is 2. The van der Waals surface area contributed by atoms with E-state index in [-0.39, 0.29) is 10.8 Å². The second-order valence-electron chi connectivity index (χ2n) is 8.08. The van der Waals surface area contributed by atoms with E-state index < -0.39 is 21.0 Å². The summed E-state index contributed by atoms with van der Waals surface area (Å²) >= 11 is 0. The number of nitrogens with one attached hydrogen (secondary N) is 1. The maximum atomic E-state index is 12.9. The van der Waals surface area contributed by atoms with E-state index in [9.17, 15) is 18.0 Å². The van der Waals surface area contributed by atoms with Gasteiger partial charge in [0, 0.05) is 37.3 Å². The zero-order valence-electron chi connectivity index (χ0n) is 18.8. The van der Waals surface area contributed by atoms with Crippen molar-refractivity contribution in [1.29, 1.82) is 0 Å². The number of nitrogens with zero attached hydrogens (tertiary/aromatic N) is 2. The van der Waals surface area contributed by atoms with Gasteiger partial charge in [-0.1, -0.05) is 0 Å². The molecule has 8 nitrogen and oxygen atoms in total. The number of carbonyl (C=O) groups is 2. The van der Waals surface area contributed by atoms with Gasteiger partial charge < -0.3 is 19.9 Å². The van der Waals surface area contributed by atoms with Gasteiger partial charge in [0.25, 0.3) is 11.8 Å². The number of piperazine rings is 1. The quantitative estimate of drug-likeness (QED) is 0.713. The Morgan fingerprint density at radius 3 is 2.12 bits per heavy atom. The summed E-state index contributed by atoms with van der Waals surface area (Å²) in [6, 6.07) is 10.7. The number of ether oxygens (including phenoxy) is 1. The fraction of sp³-hybridized carbons (Fsp3) is 0.391. The second-order valence-corrected chi connectivity index (χ2v) is 10.6. The molecule has 0 aromatic heterocycles. The van der Waals surface area contributed by atoms with Crippen LogP contribution >= 0.6 is 0 Å². The lowest BCUT2D eigenvalue weighted by molar-refractivity contribution is 0.0664. The van der Waals surface area contributed by atoms with Gasteiger partial charge in [0.2, 0.25) is 0 Å². The highest BCUT2D eigenvalue weighted by molar-refractivity contribution is 7.92. The Hall–Kier alpha value is -2.91. The summed E-state index contributed by atoms with van der Waals surface area (Å²) in [7, 11) is 0.0909. The zero-order valence-corrected chi connectivity index (χ0v) is 19.6. The molecule has 0 atom stereocenters. The summed E-state index contributed by atoms with van der Waals surface area (Å²) in [6.45, 7) is 6.14. The van der Waals surface area contributed by atoms with E-state index in [1.54, 1.807) is 36.9 Å². The summed E-state index contributed by atoms with van der Waals surface area (Å²) in [5.41, 5.74) is 1.13. The molecule has 172 valence electrons. The van der Waals surface area contributed by atoms with Crippen molar-refractivity contribution in [2.45, 2.75) is 24.0 Å². The number of hydrogen-bond acceptors (Lipinski definition) is 6. The van der Waals surface area contributed by atoms with Crippen molar-refractivity contribution in [3.63, 3.8) is 0 Å². The van der Waals surface area contributed by atoms with Crippen molar-refractivity contribution in [3.8, 4) is 5.75 Å². The molecule has 1 aliphatic heterocycles. The molecular weight excluding hydrogens is 430 g/mol. The van der Waals surface area contributed by atoms with Crippen molar-refractivity contribution in [2.75, 3.05) is 45.7 Å². The molecule has 0 spiro atoms. The van der Waals surface area contributed by atoms with Gasteiger partial charge in [-0.25, -0.2) is 8.42 Å². The molecule has 0 bridgehead atoms. The lowest BCUT2D eigenvalue weighted by atomic mass is 10.1. The van der Waals surface area contributed by atoms with Crippen LogP contribution in [-0.2, 0) is 9.84 Å². The van der Waals surface area contributed by atoms with Crippen molar-refractivity contribution >= 4 is 27.3 Å². The maximum Gasteiger partial charge on any atom is 0.255 e. The second kappa shape index (κ2) is 9.70. The molecule has 1 heterocycles. The van der Waals surface area contributed by atoms with Crippen LogP contribution in [0.3, 0.4) is 0 Å². The molecule has 9 heteroatoms. The summed E-state index contributed by atoms with van der Waals surface area (Å²) in [5.74, 6) is -0.104. The van der Waals surface area contributed by atoms with Crippen LogP contribution in [-0.4, -0.2) is 75.6 Å². The molecule has 0 saturated carbocycles. The molecule has 0 unspecified atom stereocenters. The molecule has 1 fully saturated rings. The largest absolute Gasteiger partial charge is 0.495 e. The van der Waals surface area contributed by atoms with E-state index in [1.165, 1.54) is 31.4 Å². The van der Waals surface area contributed by atoms with Gasteiger partial charge >= 0.3 is 0 Å². The molecule has 3 rings (SSSR count).